The van der Waals surface area contributed by atoms with Gasteiger partial charge in [-0.1, -0.05) is 26.7 Å². The second-order valence-corrected chi connectivity index (χ2v) is 4.12. The van der Waals surface area contributed by atoms with E-state index in [9.17, 15) is 0 Å². The van der Waals surface area contributed by atoms with Gasteiger partial charge in [-0.2, -0.15) is 0 Å². The van der Waals surface area contributed by atoms with Crippen LogP contribution >= 0.6 is 0 Å². The summed E-state index contributed by atoms with van der Waals surface area (Å²) in [5, 5.41) is 0. The summed E-state index contributed by atoms with van der Waals surface area (Å²) in [6.07, 6.45) is 5.29. The van der Waals surface area contributed by atoms with Crippen LogP contribution < -0.4 is 5.73 Å². The van der Waals surface area contributed by atoms with Crippen molar-refractivity contribution >= 4 is 0 Å². The Balaban J connectivity index is 2.48. The summed E-state index contributed by atoms with van der Waals surface area (Å²) in [7, 11) is 0. The van der Waals surface area contributed by atoms with Crippen LogP contribution in [-0.2, 0) is 0 Å². The van der Waals surface area contributed by atoms with Gasteiger partial charge in [-0.3, -0.25) is 4.90 Å². The molecule has 1 atom stereocenters. The molecule has 1 aliphatic heterocycles. The van der Waals surface area contributed by atoms with Crippen LogP contribution in [0.25, 0.3) is 0 Å². The lowest BCUT2D eigenvalue weighted by Crippen LogP contribution is -2.43. The van der Waals surface area contributed by atoms with E-state index in [0.717, 1.165) is 12.5 Å². The van der Waals surface area contributed by atoms with E-state index in [1.165, 1.54) is 38.8 Å². The first-order chi connectivity index (χ1) is 6.33. The molecule has 1 saturated heterocycles. The zero-order valence-electron chi connectivity index (χ0n) is 9.13. The molecule has 0 aromatic rings. The molecule has 0 aromatic heterocycles. The minimum atomic E-state index is 0.650. The van der Waals surface area contributed by atoms with Gasteiger partial charge in [-0.25, -0.2) is 0 Å². The number of rotatable bonds is 5. The largest absolute Gasteiger partial charge is 0.329 e. The first-order valence-corrected chi connectivity index (χ1v) is 5.77. The van der Waals surface area contributed by atoms with Crippen LogP contribution in [-0.4, -0.2) is 30.6 Å². The Bertz CT molecular complexity index is 124. The van der Waals surface area contributed by atoms with E-state index in [0.29, 0.717) is 6.04 Å². The average Bonchev–Trinajstić information content (AvgIpc) is 2.66. The number of nitrogens with two attached hydrogens (primary N) is 1. The smallest absolute Gasteiger partial charge is 0.0246 e. The predicted octanol–water partition coefficient (Wildman–Crippen LogP) is 1.85. The second-order valence-electron chi connectivity index (χ2n) is 4.12. The molecule has 0 amide bonds. The van der Waals surface area contributed by atoms with Gasteiger partial charge in [0, 0.05) is 12.6 Å². The van der Waals surface area contributed by atoms with E-state index in [4.69, 9.17) is 5.73 Å². The van der Waals surface area contributed by atoms with Crippen LogP contribution in [0.5, 0.6) is 0 Å². The summed E-state index contributed by atoms with van der Waals surface area (Å²) in [4.78, 5) is 2.59. The van der Waals surface area contributed by atoms with Gasteiger partial charge >= 0.3 is 0 Å². The zero-order chi connectivity index (χ0) is 9.68. The van der Waals surface area contributed by atoms with Crippen molar-refractivity contribution in [2.45, 2.75) is 45.6 Å². The lowest BCUT2D eigenvalue weighted by atomic mass is 9.93. The highest BCUT2D eigenvalue weighted by Crippen LogP contribution is 2.21. The number of hydrogen-bond donors (Lipinski definition) is 1. The SMILES string of the molecule is CCC(CC)[C@@H](CN)N1CCCC1. The summed E-state index contributed by atoms with van der Waals surface area (Å²) >= 11 is 0. The Morgan fingerprint density at radius 3 is 2.08 bits per heavy atom. The Hall–Kier alpha value is -0.0800. The average molecular weight is 184 g/mol. The van der Waals surface area contributed by atoms with Crippen LogP contribution in [0.2, 0.25) is 0 Å². The van der Waals surface area contributed by atoms with Gasteiger partial charge in [0.1, 0.15) is 0 Å². The van der Waals surface area contributed by atoms with Crippen LogP contribution in [0.4, 0.5) is 0 Å². The summed E-state index contributed by atoms with van der Waals surface area (Å²) in [5.74, 6) is 0.808. The fraction of sp³-hybridized carbons (Fsp3) is 1.00. The standard InChI is InChI=1S/C11H24N2/c1-3-10(4-2)11(9-12)13-7-5-6-8-13/h10-11H,3-9,12H2,1-2H3/t11-/m1/s1. The van der Waals surface area contributed by atoms with E-state index < -0.39 is 0 Å². The van der Waals surface area contributed by atoms with Crippen LogP contribution in [0.1, 0.15) is 39.5 Å². The maximum atomic E-state index is 5.86. The first-order valence-electron chi connectivity index (χ1n) is 5.77. The molecule has 1 fully saturated rings. The van der Waals surface area contributed by atoms with Crippen molar-refractivity contribution in [3.05, 3.63) is 0 Å². The van der Waals surface area contributed by atoms with Crippen molar-refractivity contribution in [2.75, 3.05) is 19.6 Å². The van der Waals surface area contributed by atoms with Crippen molar-refractivity contribution < 1.29 is 0 Å². The van der Waals surface area contributed by atoms with Gasteiger partial charge in [0.05, 0.1) is 0 Å². The Morgan fingerprint density at radius 2 is 1.69 bits per heavy atom. The fourth-order valence-electron chi connectivity index (χ4n) is 2.55. The zero-order valence-corrected chi connectivity index (χ0v) is 9.13. The number of likely N-dealkylation sites (tertiary alicyclic amines) is 1. The molecule has 0 saturated carbocycles. The van der Waals surface area contributed by atoms with E-state index in [-0.39, 0.29) is 0 Å². The maximum absolute atomic E-state index is 5.86. The Kier molecular flexibility index (Phi) is 4.74. The van der Waals surface area contributed by atoms with Crippen LogP contribution in [0.3, 0.4) is 0 Å². The lowest BCUT2D eigenvalue weighted by molar-refractivity contribution is 0.171. The van der Waals surface area contributed by atoms with Crippen molar-refractivity contribution in [1.82, 2.24) is 4.90 Å². The summed E-state index contributed by atoms with van der Waals surface area (Å²) in [5.41, 5.74) is 5.86. The minimum absolute atomic E-state index is 0.650. The number of nitrogens with zero attached hydrogens (tertiary/aromatic N) is 1. The molecular weight excluding hydrogens is 160 g/mol. The third-order valence-electron chi connectivity index (χ3n) is 3.44. The molecule has 2 nitrogen and oxygen atoms in total. The van der Waals surface area contributed by atoms with Crippen LogP contribution in [0, 0.1) is 5.92 Å². The normalized spacial score (nSPS) is 21.2. The molecule has 13 heavy (non-hydrogen) atoms. The van der Waals surface area contributed by atoms with Gasteiger partial charge in [0.25, 0.3) is 0 Å². The summed E-state index contributed by atoms with van der Waals surface area (Å²) in [6.45, 7) is 7.96. The molecule has 0 aromatic carbocycles. The third kappa shape index (κ3) is 2.68. The molecule has 2 N–H and O–H groups in total. The minimum Gasteiger partial charge on any atom is -0.329 e. The van der Waals surface area contributed by atoms with Gasteiger partial charge < -0.3 is 5.73 Å². The molecule has 2 heteroatoms. The molecule has 1 rings (SSSR count). The molecular formula is C11H24N2. The second kappa shape index (κ2) is 5.61. The molecule has 0 bridgehead atoms. The molecule has 0 spiro atoms. The highest BCUT2D eigenvalue weighted by Gasteiger charge is 2.25. The van der Waals surface area contributed by atoms with E-state index in [1.54, 1.807) is 0 Å². The molecule has 0 aliphatic carbocycles. The van der Waals surface area contributed by atoms with E-state index in [1.807, 2.05) is 0 Å². The van der Waals surface area contributed by atoms with Gasteiger partial charge in [-0.05, 0) is 31.8 Å². The van der Waals surface area contributed by atoms with Crippen molar-refractivity contribution in [1.29, 1.82) is 0 Å². The van der Waals surface area contributed by atoms with Crippen molar-refractivity contribution in [2.24, 2.45) is 11.7 Å². The topological polar surface area (TPSA) is 29.3 Å². The molecule has 0 unspecified atom stereocenters. The van der Waals surface area contributed by atoms with Crippen LogP contribution in [0.15, 0.2) is 0 Å². The van der Waals surface area contributed by atoms with Gasteiger partial charge in [-0.15, -0.1) is 0 Å². The fourth-order valence-corrected chi connectivity index (χ4v) is 2.55. The molecule has 78 valence electrons. The first kappa shape index (κ1) is 11.0. The highest BCUT2D eigenvalue weighted by molar-refractivity contribution is 4.81. The Morgan fingerprint density at radius 1 is 1.15 bits per heavy atom. The quantitative estimate of drug-likeness (QED) is 0.706. The Labute approximate surface area is 82.5 Å². The maximum Gasteiger partial charge on any atom is 0.0246 e. The predicted molar refractivity (Wildman–Crippen MR) is 57.7 cm³/mol. The molecule has 1 aliphatic rings. The van der Waals surface area contributed by atoms with E-state index in [2.05, 4.69) is 18.7 Å². The van der Waals surface area contributed by atoms with E-state index >= 15 is 0 Å². The highest BCUT2D eigenvalue weighted by atomic mass is 15.2. The van der Waals surface area contributed by atoms with Crippen molar-refractivity contribution in [3.63, 3.8) is 0 Å². The monoisotopic (exact) mass is 184 g/mol. The molecule has 1 heterocycles. The molecule has 0 radical (unpaired) electrons. The summed E-state index contributed by atoms with van der Waals surface area (Å²) < 4.78 is 0. The van der Waals surface area contributed by atoms with Crippen molar-refractivity contribution in [3.8, 4) is 0 Å². The lowest BCUT2D eigenvalue weighted by Gasteiger charge is -2.32. The van der Waals surface area contributed by atoms with Gasteiger partial charge in [0.2, 0.25) is 0 Å². The number of hydrogen-bond acceptors (Lipinski definition) is 2. The summed E-state index contributed by atoms with van der Waals surface area (Å²) in [6, 6.07) is 0.650. The third-order valence-corrected chi connectivity index (χ3v) is 3.44. The van der Waals surface area contributed by atoms with Gasteiger partial charge in [0.15, 0.2) is 0 Å².